The van der Waals surface area contributed by atoms with Crippen LogP contribution in [0.4, 0.5) is 10.5 Å². The molecule has 7 heteroatoms. The number of azide groups is 1. The number of hydrogen-bond acceptors (Lipinski definition) is 3. The Kier molecular flexibility index (Phi) is 3.70. The molecule has 1 atom stereocenters. The number of hydrogen-bond donors (Lipinski definition) is 0. The quantitative estimate of drug-likeness (QED) is 0.366. The molecule has 1 unspecified atom stereocenters. The molecule has 17 heavy (non-hydrogen) atoms. The molecule has 1 aromatic rings. The SMILES string of the molecule is [N-]=[N+]=NCC1CN(c2ccc(I)cc2)C(=O)O1. The standard InChI is InChI=1S/C10H9IN4O2/c11-7-1-3-8(4-2-7)15-6-9(5-13-14-12)17-10(15)16/h1-4,9H,5-6H2. The van der Waals surface area contributed by atoms with Crippen LogP contribution in [0.25, 0.3) is 10.4 Å². The van der Waals surface area contributed by atoms with Crippen LogP contribution in [0.2, 0.25) is 0 Å². The topological polar surface area (TPSA) is 78.3 Å². The van der Waals surface area contributed by atoms with Gasteiger partial charge >= 0.3 is 6.09 Å². The van der Waals surface area contributed by atoms with Crippen molar-refractivity contribution in [2.24, 2.45) is 5.11 Å². The molecule has 1 fully saturated rings. The summed E-state index contributed by atoms with van der Waals surface area (Å²) >= 11 is 2.20. The van der Waals surface area contributed by atoms with Gasteiger partial charge in [-0.3, -0.25) is 4.90 Å². The van der Waals surface area contributed by atoms with E-state index in [1.165, 1.54) is 4.90 Å². The van der Waals surface area contributed by atoms with Crippen LogP contribution in [-0.4, -0.2) is 25.3 Å². The summed E-state index contributed by atoms with van der Waals surface area (Å²) in [6.07, 6.45) is -0.762. The highest BCUT2D eigenvalue weighted by atomic mass is 127. The van der Waals surface area contributed by atoms with Crippen LogP contribution < -0.4 is 4.90 Å². The number of amides is 1. The van der Waals surface area contributed by atoms with Gasteiger partial charge in [-0.05, 0) is 52.4 Å². The second kappa shape index (κ2) is 5.24. The first-order valence-corrected chi connectivity index (χ1v) is 6.03. The van der Waals surface area contributed by atoms with Crippen molar-refractivity contribution in [3.8, 4) is 0 Å². The minimum atomic E-state index is -0.399. The molecule has 0 bridgehead atoms. The van der Waals surface area contributed by atoms with Gasteiger partial charge in [0.2, 0.25) is 0 Å². The zero-order valence-corrected chi connectivity index (χ0v) is 10.9. The fourth-order valence-corrected chi connectivity index (χ4v) is 1.94. The fraction of sp³-hybridized carbons (Fsp3) is 0.300. The summed E-state index contributed by atoms with van der Waals surface area (Å²) in [4.78, 5) is 15.8. The molecule has 1 aromatic carbocycles. The number of benzene rings is 1. The first kappa shape index (κ1) is 12.0. The lowest BCUT2D eigenvalue weighted by molar-refractivity contribution is 0.145. The van der Waals surface area contributed by atoms with Crippen molar-refractivity contribution in [2.75, 3.05) is 18.0 Å². The molecule has 1 aliphatic heterocycles. The van der Waals surface area contributed by atoms with Crippen LogP contribution in [0, 0.1) is 3.57 Å². The van der Waals surface area contributed by atoms with Crippen LogP contribution in [0.1, 0.15) is 0 Å². The zero-order valence-electron chi connectivity index (χ0n) is 8.78. The molecule has 88 valence electrons. The number of ether oxygens (including phenoxy) is 1. The molecule has 0 radical (unpaired) electrons. The van der Waals surface area contributed by atoms with Gasteiger partial charge in [-0.15, -0.1) is 0 Å². The molecule has 6 nitrogen and oxygen atoms in total. The second-order valence-electron chi connectivity index (χ2n) is 3.51. The minimum Gasteiger partial charge on any atom is -0.444 e. The maximum absolute atomic E-state index is 11.6. The maximum atomic E-state index is 11.6. The van der Waals surface area contributed by atoms with Crippen molar-refractivity contribution >= 4 is 34.4 Å². The molecule has 1 heterocycles. The third-order valence-corrected chi connectivity index (χ3v) is 3.08. The summed E-state index contributed by atoms with van der Waals surface area (Å²) < 4.78 is 6.18. The van der Waals surface area contributed by atoms with E-state index in [9.17, 15) is 4.79 Å². The van der Waals surface area contributed by atoms with E-state index < -0.39 is 6.09 Å². The van der Waals surface area contributed by atoms with Crippen molar-refractivity contribution in [1.29, 1.82) is 0 Å². The fourth-order valence-electron chi connectivity index (χ4n) is 1.58. The van der Waals surface area contributed by atoms with Crippen molar-refractivity contribution in [1.82, 2.24) is 0 Å². The van der Waals surface area contributed by atoms with Gasteiger partial charge in [0, 0.05) is 14.2 Å². The molecule has 0 aliphatic carbocycles. The van der Waals surface area contributed by atoms with Gasteiger partial charge in [0.25, 0.3) is 0 Å². The Morgan fingerprint density at radius 2 is 2.24 bits per heavy atom. The maximum Gasteiger partial charge on any atom is 0.414 e. The number of nitrogens with zero attached hydrogens (tertiary/aromatic N) is 4. The van der Waals surface area contributed by atoms with Gasteiger partial charge in [0.15, 0.2) is 0 Å². The molecule has 0 aromatic heterocycles. The third-order valence-electron chi connectivity index (χ3n) is 2.36. The minimum absolute atomic E-state index is 0.170. The molecular formula is C10H9IN4O2. The van der Waals surface area contributed by atoms with Gasteiger partial charge in [-0.25, -0.2) is 4.79 Å². The number of anilines is 1. The average molecular weight is 344 g/mol. The molecule has 2 rings (SSSR count). The summed E-state index contributed by atoms with van der Waals surface area (Å²) in [7, 11) is 0. The van der Waals surface area contributed by atoms with Crippen LogP contribution >= 0.6 is 22.6 Å². The summed E-state index contributed by atoms with van der Waals surface area (Å²) in [6, 6.07) is 7.56. The highest BCUT2D eigenvalue weighted by molar-refractivity contribution is 14.1. The first-order chi connectivity index (χ1) is 8.20. The molecular weight excluding hydrogens is 335 g/mol. The van der Waals surface area contributed by atoms with E-state index in [0.717, 1.165) is 9.26 Å². The monoisotopic (exact) mass is 344 g/mol. The van der Waals surface area contributed by atoms with Crippen molar-refractivity contribution in [2.45, 2.75) is 6.10 Å². The Labute approximate surface area is 111 Å². The second-order valence-corrected chi connectivity index (χ2v) is 4.75. The van der Waals surface area contributed by atoms with Crippen LogP contribution in [0.15, 0.2) is 29.4 Å². The van der Waals surface area contributed by atoms with Crippen LogP contribution in [-0.2, 0) is 4.74 Å². The summed E-state index contributed by atoms with van der Waals surface area (Å²) in [5, 5.41) is 3.41. The van der Waals surface area contributed by atoms with Gasteiger partial charge in [-0.1, -0.05) is 5.11 Å². The van der Waals surface area contributed by atoms with Crippen molar-refractivity contribution in [3.63, 3.8) is 0 Å². The third kappa shape index (κ3) is 2.80. The molecule has 0 spiro atoms. The Morgan fingerprint density at radius 3 is 2.88 bits per heavy atom. The number of cyclic esters (lactones) is 1. The van der Waals surface area contributed by atoms with E-state index in [0.29, 0.717) is 6.54 Å². The number of rotatable bonds is 3. The number of carbonyl (C=O) groups excluding carboxylic acids is 1. The van der Waals surface area contributed by atoms with Crippen molar-refractivity contribution in [3.05, 3.63) is 38.3 Å². The number of carbonyl (C=O) groups is 1. The average Bonchev–Trinajstić information content (AvgIpc) is 2.69. The first-order valence-electron chi connectivity index (χ1n) is 4.95. The molecule has 1 aliphatic rings. The molecule has 1 saturated heterocycles. The van der Waals surface area contributed by atoms with Crippen molar-refractivity contribution < 1.29 is 9.53 Å². The highest BCUT2D eigenvalue weighted by Gasteiger charge is 2.31. The zero-order chi connectivity index (χ0) is 12.3. The van der Waals surface area contributed by atoms with E-state index >= 15 is 0 Å². The van der Waals surface area contributed by atoms with E-state index in [1.807, 2.05) is 24.3 Å². The van der Waals surface area contributed by atoms with E-state index in [2.05, 4.69) is 32.6 Å². The number of halogens is 1. The predicted molar refractivity (Wildman–Crippen MR) is 70.8 cm³/mol. The largest absolute Gasteiger partial charge is 0.444 e. The predicted octanol–water partition coefficient (Wildman–Crippen LogP) is 2.93. The van der Waals surface area contributed by atoms with Crippen LogP contribution in [0.3, 0.4) is 0 Å². The molecule has 0 N–H and O–H groups in total. The normalized spacial score (nSPS) is 18.8. The van der Waals surface area contributed by atoms with E-state index in [1.54, 1.807) is 0 Å². The summed E-state index contributed by atoms with van der Waals surface area (Å²) in [5.74, 6) is 0. The molecule has 0 saturated carbocycles. The van der Waals surface area contributed by atoms with Gasteiger partial charge in [0.1, 0.15) is 6.10 Å². The van der Waals surface area contributed by atoms with Gasteiger partial charge in [-0.2, -0.15) is 0 Å². The summed E-state index contributed by atoms with van der Waals surface area (Å²) in [6.45, 7) is 0.585. The Morgan fingerprint density at radius 1 is 1.53 bits per heavy atom. The lowest BCUT2D eigenvalue weighted by Gasteiger charge is -2.12. The molecule has 1 amide bonds. The lowest BCUT2D eigenvalue weighted by atomic mass is 10.3. The van der Waals surface area contributed by atoms with Gasteiger partial charge in [0.05, 0.1) is 13.1 Å². The summed E-state index contributed by atoms with van der Waals surface area (Å²) in [5.41, 5.74) is 9.00. The Hall–Kier alpha value is -1.47. The highest BCUT2D eigenvalue weighted by Crippen LogP contribution is 2.22. The van der Waals surface area contributed by atoms with E-state index in [-0.39, 0.29) is 12.6 Å². The lowest BCUT2D eigenvalue weighted by Crippen LogP contribution is -2.24. The van der Waals surface area contributed by atoms with Gasteiger partial charge < -0.3 is 4.74 Å². The Balaban J connectivity index is 2.10. The Bertz CT molecular complexity index is 470. The van der Waals surface area contributed by atoms with Crippen LogP contribution in [0.5, 0.6) is 0 Å². The smallest absolute Gasteiger partial charge is 0.414 e. The van der Waals surface area contributed by atoms with E-state index in [4.69, 9.17) is 10.3 Å².